The molecule has 0 aliphatic carbocycles. The minimum atomic E-state index is -1.32. The summed E-state index contributed by atoms with van der Waals surface area (Å²) >= 11 is 0. The van der Waals surface area contributed by atoms with Crippen molar-refractivity contribution in [1.82, 2.24) is 9.99 Å². The van der Waals surface area contributed by atoms with Crippen molar-refractivity contribution in [2.75, 3.05) is 19.4 Å². The van der Waals surface area contributed by atoms with E-state index in [0.29, 0.717) is 11.1 Å². The van der Waals surface area contributed by atoms with Crippen molar-refractivity contribution in [3.8, 4) is 0 Å². The molecule has 1 N–H and O–H groups in total. The third kappa shape index (κ3) is 4.94. The number of fused-ring (bicyclic) bond motifs is 1. The lowest BCUT2D eigenvalue weighted by Gasteiger charge is -2.24. The quantitative estimate of drug-likeness (QED) is 0.168. The first-order chi connectivity index (χ1) is 17.3. The SMILES string of the molecule is CN(C)N=C(C(=O)Nc1cccc([N+](=O)[O-])c1)C(C(=O)c1ccncc1)C1OC(=O)c2ccccc21. The summed E-state index contributed by atoms with van der Waals surface area (Å²) in [6.07, 6.45) is 1.75. The van der Waals surface area contributed by atoms with Gasteiger partial charge in [0.15, 0.2) is 5.78 Å². The van der Waals surface area contributed by atoms with Crippen LogP contribution in [0.4, 0.5) is 11.4 Å². The van der Waals surface area contributed by atoms with Gasteiger partial charge in [-0.25, -0.2) is 4.79 Å². The van der Waals surface area contributed by atoms with Crippen LogP contribution in [-0.2, 0) is 9.53 Å². The lowest BCUT2D eigenvalue weighted by atomic mass is 9.84. The van der Waals surface area contributed by atoms with Crippen LogP contribution in [-0.4, -0.2) is 52.4 Å². The van der Waals surface area contributed by atoms with Crippen molar-refractivity contribution in [2.24, 2.45) is 11.0 Å². The number of ketones is 1. The number of ether oxygens (including phenoxy) is 1. The molecule has 0 saturated carbocycles. The largest absolute Gasteiger partial charge is 0.453 e. The van der Waals surface area contributed by atoms with Crippen molar-refractivity contribution in [3.63, 3.8) is 0 Å². The first-order valence-corrected chi connectivity index (χ1v) is 10.8. The smallest absolute Gasteiger partial charge is 0.339 e. The van der Waals surface area contributed by atoms with Crippen LogP contribution in [0.3, 0.4) is 0 Å². The maximum atomic E-state index is 13.8. The molecule has 36 heavy (non-hydrogen) atoms. The highest BCUT2D eigenvalue weighted by molar-refractivity contribution is 6.47. The summed E-state index contributed by atoms with van der Waals surface area (Å²) in [5, 5.41) is 19.4. The molecule has 1 aliphatic heterocycles. The molecule has 4 rings (SSSR count). The first kappa shape index (κ1) is 24.2. The predicted molar refractivity (Wildman–Crippen MR) is 130 cm³/mol. The van der Waals surface area contributed by atoms with E-state index in [-0.39, 0.29) is 22.6 Å². The monoisotopic (exact) mass is 487 g/mol. The number of non-ortho nitro benzene ring substituents is 1. The van der Waals surface area contributed by atoms with Crippen molar-refractivity contribution in [3.05, 3.63) is 99.9 Å². The van der Waals surface area contributed by atoms with Crippen LogP contribution in [0.5, 0.6) is 0 Å². The van der Waals surface area contributed by atoms with Crippen molar-refractivity contribution in [2.45, 2.75) is 6.10 Å². The molecule has 1 aromatic heterocycles. The van der Waals surface area contributed by atoms with Gasteiger partial charge in [-0.05, 0) is 24.3 Å². The van der Waals surface area contributed by atoms with E-state index >= 15 is 0 Å². The van der Waals surface area contributed by atoms with Gasteiger partial charge < -0.3 is 15.1 Å². The summed E-state index contributed by atoms with van der Waals surface area (Å²) < 4.78 is 5.61. The molecule has 182 valence electrons. The van der Waals surface area contributed by atoms with Gasteiger partial charge in [-0.2, -0.15) is 5.10 Å². The fraction of sp³-hybridized carbons (Fsp3) is 0.160. The molecule has 2 aromatic carbocycles. The molecule has 1 aliphatic rings. The van der Waals surface area contributed by atoms with Crippen LogP contribution in [0.2, 0.25) is 0 Å². The number of anilines is 1. The minimum absolute atomic E-state index is 0.139. The highest BCUT2D eigenvalue weighted by Gasteiger charge is 2.45. The number of amides is 1. The van der Waals surface area contributed by atoms with Gasteiger partial charge >= 0.3 is 5.97 Å². The molecular formula is C25H21N5O6. The molecule has 2 atom stereocenters. The summed E-state index contributed by atoms with van der Waals surface area (Å²) in [5.74, 6) is -3.23. The molecule has 0 fully saturated rings. The fourth-order valence-corrected chi connectivity index (χ4v) is 3.88. The number of hydrogen-bond donors (Lipinski definition) is 1. The van der Waals surface area contributed by atoms with Crippen LogP contribution in [0.15, 0.2) is 78.2 Å². The number of Topliss-reactive ketones (excluding diaryl/α,β-unsaturated/α-hetero) is 1. The third-order valence-corrected chi connectivity index (χ3v) is 5.42. The number of nitrogens with zero attached hydrogens (tertiary/aromatic N) is 4. The Labute approximate surface area is 205 Å². The van der Waals surface area contributed by atoms with Gasteiger partial charge in [-0.1, -0.05) is 24.3 Å². The Bertz CT molecular complexity index is 1370. The van der Waals surface area contributed by atoms with Gasteiger partial charge in [0.25, 0.3) is 11.6 Å². The number of carbonyl (C=O) groups is 3. The molecule has 11 heteroatoms. The summed E-state index contributed by atoms with van der Waals surface area (Å²) in [5.41, 5.74) is 0.664. The summed E-state index contributed by atoms with van der Waals surface area (Å²) in [7, 11) is 3.15. The van der Waals surface area contributed by atoms with Crippen molar-refractivity contribution < 1.29 is 24.0 Å². The number of aromatic nitrogens is 1. The highest BCUT2D eigenvalue weighted by atomic mass is 16.6. The van der Waals surface area contributed by atoms with Crippen LogP contribution in [0.1, 0.15) is 32.4 Å². The van der Waals surface area contributed by atoms with Gasteiger partial charge in [0.2, 0.25) is 0 Å². The summed E-state index contributed by atoms with van der Waals surface area (Å²) in [6.45, 7) is 0. The zero-order valence-corrected chi connectivity index (χ0v) is 19.3. The van der Waals surface area contributed by atoms with Crippen LogP contribution < -0.4 is 5.32 Å². The fourth-order valence-electron chi connectivity index (χ4n) is 3.88. The molecule has 3 aromatic rings. The molecule has 0 radical (unpaired) electrons. The average molecular weight is 487 g/mol. The van der Waals surface area contributed by atoms with E-state index in [2.05, 4.69) is 15.4 Å². The lowest BCUT2D eigenvalue weighted by molar-refractivity contribution is -0.384. The van der Waals surface area contributed by atoms with Gasteiger partial charge in [0.1, 0.15) is 17.7 Å². The first-order valence-electron chi connectivity index (χ1n) is 10.8. The molecular weight excluding hydrogens is 466 g/mol. The van der Waals surface area contributed by atoms with Crippen LogP contribution >= 0.6 is 0 Å². The number of nitrogens with one attached hydrogen (secondary N) is 1. The van der Waals surface area contributed by atoms with E-state index in [1.54, 1.807) is 38.4 Å². The van der Waals surface area contributed by atoms with Gasteiger partial charge in [0, 0.05) is 55.4 Å². The number of hydrazone groups is 1. The number of cyclic esters (lactones) is 1. The Morgan fingerprint density at radius 1 is 1.11 bits per heavy atom. The Morgan fingerprint density at radius 2 is 1.83 bits per heavy atom. The zero-order chi connectivity index (χ0) is 25.8. The Kier molecular flexibility index (Phi) is 6.81. The van der Waals surface area contributed by atoms with Gasteiger partial charge in [-0.3, -0.25) is 24.7 Å². The molecule has 2 unspecified atom stereocenters. The van der Waals surface area contributed by atoms with Gasteiger partial charge in [0.05, 0.1) is 10.5 Å². The minimum Gasteiger partial charge on any atom is -0.453 e. The van der Waals surface area contributed by atoms with E-state index in [9.17, 15) is 24.5 Å². The summed E-state index contributed by atoms with van der Waals surface area (Å²) in [6, 6.07) is 15.0. The predicted octanol–water partition coefficient (Wildman–Crippen LogP) is 3.26. The van der Waals surface area contributed by atoms with E-state index < -0.39 is 34.6 Å². The van der Waals surface area contributed by atoms with E-state index in [1.807, 2.05) is 0 Å². The second kappa shape index (κ2) is 10.1. The van der Waals surface area contributed by atoms with Crippen molar-refractivity contribution in [1.29, 1.82) is 0 Å². The normalized spacial score (nSPS) is 15.4. The van der Waals surface area contributed by atoms with E-state index in [1.165, 1.54) is 53.8 Å². The number of rotatable bonds is 8. The highest BCUT2D eigenvalue weighted by Crippen LogP contribution is 2.38. The second-order valence-electron chi connectivity index (χ2n) is 8.08. The number of nitro benzene ring substituents is 1. The van der Waals surface area contributed by atoms with Gasteiger partial charge in [-0.15, -0.1) is 0 Å². The topological polar surface area (TPSA) is 144 Å². The van der Waals surface area contributed by atoms with E-state index in [0.717, 1.165) is 0 Å². The zero-order valence-electron chi connectivity index (χ0n) is 19.3. The molecule has 11 nitrogen and oxygen atoms in total. The molecule has 1 amide bonds. The molecule has 0 saturated heterocycles. The lowest BCUT2D eigenvalue weighted by Crippen LogP contribution is -2.39. The second-order valence-corrected chi connectivity index (χ2v) is 8.08. The Morgan fingerprint density at radius 3 is 2.53 bits per heavy atom. The number of esters is 1. The third-order valence-electron chi connectivity index (χ3n) is 5.42. The summed E-state index contributed by atoms with van der Waals surface area (Å²) in [4.78, 5) is 54.4. The molecule has 0 spiro atoms. The maximum Gasteiger partial charge on any atom is 0.339 e. The van der Waals surface area contributed by atoms with Crippen LogP contribution in [0, 0.1) is 16.0 Å². The number of carbonyl (C=O) groups excluding carboxylic acids is 3. The standard InChI is InChI=1S/C25H21N5O6/c1-29(2)28-21(24(32)27-16-6-5-7-17(14-16)30(34)35)20(22(31)15-10-12-26-13-11-15)23-18-8-3-4-9-19(18)25(33)36-23/h3-14,20,23H,1-2H3,(H,27,32). The number of pyridine rings is 1. The average Bonchev–Trinajstić information content (AvgIpc) is 3.20. The number of nitro groups is 1. The van der Waals surface area contributed by atoms with E-state index in [4.69, 9.17) is 4.74 Å². The molecule has 0 bridgehead atoms. The van der Waals surface area contributed by atoms with Crippen molar-refractivity contribution >= 4 is 34.7 Å². The number of hydrogen-bond acceptors (Lipinski definition) is 9. The number of benzene rings is 2. The molecule has 2 heterocycles. The Balaban J connectivity index is 1.80. The Hall–Kier alpha value is -4.93. The van der Waals surface area contributed by atoms with Crippen LogP contribution in [0.25, 0.3) is 0 Å². The maximum absolute atomic E-state index is 13.8.